The quantitative estimate of drug-likeness (QED) is 0.861. The van der Waals surface area contributed by atoms with Gasteiger partial charge in [-0.3, -0.25) is 0 Å². The van der Waals surface area contributed by atoms with Crippen LogP contribution in [-0.4, -0.2) is 19.7 Å². The van der Waals surface area contributed by atoms with Gasteiger partial charge in [-0.1, -0.05) is 42.5 Å². The normalized spacial score (nSPS) is 10.1. The number of nitrogens with one attached hydrogen (secondary N) is 2. The van der Waals surface area contributed by atoms with Crippen LogP contribution in [0.2, 0.25) is 0 Å². The molecule has 2 amide bonds. The number of rotatable bonds is 6. The lowest BCUT2D eigenvalue weighted by Crippen LogP contribution is -2.36. The van der Waals surface area contributed by atoms with Gasteiger partial charge in [0.2, 0.25) is 0 Å². The molecule has 0 aliphatic carbocycles. The number of hydrogen-bond donors (Lipinski definition) is 2. The largest absolute Gasteiger partial charge is 0.496 e. The average molecular weight is 298 g/mol. The Balaban J connectivity index is 1.72. The predicted molar refractivity (Wildman–Crippen MR) is 88.1 cm³/mol. The average Bonchev–Trinajstić information content (AvgIpc) is 2.54. The van der Waals surface area contributed by atoms with Gasteiger partial charge in [-0.15, -0.1) is 0 Å². The summed E-state index contributed by atoms with van der Waals surface area (Å²) in [5, 5.41) is 5.71. The molecule has 0 atom stereocenters. The van der Waals surface area contributed by atoms with Crippen molar-refractivity contribution in [2.45, 2.75) is 19.9 Å². The van der Waals surface area contributed by atoms with Crippen molar-refractivity contribution in [2.75, 3.05) is 13.7 Å². The van der Waals surface area contributed by atoms with Crippen LogP contribution in [0.25, 0.3) is 0 Å². The molecule has 22 heavy (non-hydrogen) atoms. The molecule has 2 aromatic carbocycles. The first-order valence-electron chi connectivity index (χ1n) is 7.38. The molecule has 0 spiro atoms. The SMILES string of the molecule is COc1ccc(CCNC(=O)NCc2ccccc2)cc1C. The van der Waals surface area contributed by atoms with E-state index < -0.39 is 0 Å². The summed E-state index contributed by atoms with van der Waals surface area (Å²) in [5.74, 6) is 0.886. The summed E-state index contributed by atoms with van der Waals surface area (Å²) in [6, 6.07) is 15.8. The molecule has 2 N–H and O–H groups in total. The van der Waals surface area contributed by atoms with Gasteiger partial charge in [-0.05, 0) is 36.1 Å². The maximum atomic E-state index is 11.7. The Kier molecular flexibility index (Phi) is 5.83. The van der Waals surface area contributed by atoms with Crippen LogP contribution in [0.3, 0.4) is 0 Å². The molecule has 0 aromatic heterocycles. The van der Waals surface area contributed by atoms with Crippen LogP contribution in [-0.2, 0) is 13.0 Å². The zero-order valence-electron chi connectivity index (χ0n) is 13.1. The molecule has 4 nitrogen and oxygen atoms in total. The van der Waals surface area contributed by atoms with E-state index in [-0.39, 0.29) is 6.03 Å². The smallest absolute Gasteiger partial charge is 0.315 e. The summed E-state index contributed by atoms with van der Waals surface area (Å²) < 4.78 is 5.24. The van der Waals surface area contributed by atoms with E-state index in [1.54, 1.807) is 7.11 Å². The fourth-order valence-electron chi connectivity index (χ4n) is 2.26. The molecule has 116 valence electrons. The van der Waals surface area contributed by atoms with Gasteiger partial charge in [0.25, 0.3) is 0 Å². The van der Waals surface area contributed by atoms with E-state index in [1.165, 1.54) is 5.56 Å². The minimum Gasteiger partial charge on any atom is -0.496 e. The Morgan fingerprint density at radius 1 is 1.05 bits per heavy atom. The molecule has 2 aromatic rings. The topological polar surface area (TPSA) is 50.4 Å². The second-order valence-electron chi connectivity index (χ2n) is 5.15. The molecular weight excluding hydrogens is 276 g/mol. The molecule has 0 heterocycles. The fraction of sp³-hybridized carbons (Fsp3) is 0.278. The highest BCUT2D eigenvalue weighted by atomic mass is 16.5. The third-order valence-electron chi connectivity index (χ3n) is 3.45. The number of amides is 2. The number of carbonyl (C=O) groups is 1. The number of aryl methyl sites for hydroxylation is 1. The molecule has 0 fully saturated rings. The number of ether oxygens (including phenoxy) is 1. The maximum Gasteiger partial charge on any atom is 0.315 e. The molecule has 0 aliphatic rings. The van der Waals surface area contributed by atoms with Crippen molar-refractivity contribution in [1.29, 1.82) is 0 Å². The Labute approximate surface area is 131 Å². The van der Waals surface area contributed by atoms with Gasteiger partial charge in [-0.25, -0.2) is 4.79 Å². The highest BCUT2D eigenvalue weighted by Crippen LogP contribution is 2.18. The van der Waals surface area contributed by atoms with Gasteiger partial charge in [0.1, 0.15) is 5.75 Å². The van der Waals surface area contributed by atoms with Gasteiger partial charge in [0.05, 0.1) is 7.11 Å². The molecular formula is C18H22N2O2. The Morgan fingerprint density at radius 3 is 2.50 bits per heavy atom. The number of carbonyl (C=O) groups excluding carboxylic acids is 1. The van der Waals surface area contributed by atoms with Crippen LogP contribution < -0.4 is 15.4 Å². The fourth-order valence-corrected chi connectivity index (χ4v) is 2.26. The molecule has 0 aliphatic heterocycles. The van der Waals surface area contributed by atoms with E-state index in [2.05, 4.69) is 16.7 Å². The van der Waals surface area contributed by atoms with E-state index in [9.17, 15) is 4.79 Å². The summed E-state index contributed by atoms with van der Waals surface area (Å²) in [6.45, 7) is 3.16. The lowest BCUT2D eigenvalue weighted by atomic mass is 10.1. The van der Waals surface area contributed by atoms with E-state index in [4.69, 9.17) is 4.74 Å². The number of urea groups is 1. The van der Waals surface area contributed by atoms with E-state index in [1.807, 2.05) is 49.4 Å². The Bertz CT molecular complexity index is 612. The van der Waals surface area contributed by atoms with E-state index >= 15 is 0 Å². The number of methoxy groups -OCH3 is 1. The summed E-state index contributed by atoms with van der Waals surface area (Å²) in [7, 11) is 1.67. The van der Waals surface area contributed by atoms with E-state index in [0.717, 1.165) is 23.3 Å². The zero-order chi connectivity index (χ0) is 15.8. The van der Waals surface area contributed by atoms with Crippen LogP contribution in [0.15, 0.2) is 48.5 Å². The second-order valence-corrected chi connectivity index (χ2v) is 5.15. The van der Waals surface area contributed by atoms with Crippen molar-refractivity contribution in [3.8, 4) is 5.75 Å². The van der Waals surface area contributed by atoms with Gasteiger partial charge in [0.15, 0.2) is 0 Å². The van der Waals surface area contributed by atoms with Crippen molar-refractivity contribution in [3.63, 3.8) is 0 Å². The van der Waals surface area contributed by atoms with Crippen LogP contribution >= 0.6 is 0 Å². The number of benzene rings is 2. The minimum absolute atomic E-state index is 0.144. The highest BCUT2D eigenvalue weighted by Gasteiger charge is 2.02. The molecule has 0 saturated carbocycles. The monoisotopic (exact) mass is 298 g/mol. The predicted octanol–water partition coefficient (Wildman–Crippen LogP) is 3.05. The lowest BCUT2D eigenvalue weighted by molar-refractivity contribution is 0.240. The summed E-state index contributed by atoms with van der Waals surface area (Å²) in [6.07, 6.45) is 0.795. The molecule has 0 radical (unpaired) electrons. The highest BCUT2D eigenvalue weighted by molar-refractivity contribution is 5.73. The van der Waals surface area contributed by atoms with E-state index in [0.29, 0.717) is 13.1 Å². The minimum atomic E-state index is -0.144. The molecule has 0 saturated heterocycles. The van der Waals surface area contributed by atoms with Crippen LogP contribution in [0.1, 0.15) is 16.7 Å². The van der Waals surface area contributed by atoms with Crippen LogP contribution in [0.4, 0.5) is 4.79 Å². The summed E-state index contributed by atoms with van der Waals surface area (Å²) in [5.41, 5.74) is 3.37. The van der Waals surface area contributed by atoms with Gasteiger partial charge >= 0.3 is 6.03 Å². The van der Waals surface area contributed by atoms with Gasteiger partial charge < -0.3 is 15.4 Å². The second kappa shape index (κ2) is 8.08. The van der Waals surface area contributed by atoms with Crippen molar-refractivity contribution in [3.05, 3.63) is 65.2 Å². The third-order valence-corrected chi connectivity index (χ3v) is 3.45. The molecule has 0 unspecified atom stereocenters. The van der Waals surface area contributed by atoms with Crippen molar-refractivity contribution < 1.29 is 9.53 Å². The first-order valence-corrected chi connectivity index (χ1v) is 7.38. The Morgan fingerprint density at radius 2 is 1.82 bits per heavy atom. The first kappa shape index (κ1) is 15.9. The Hall–Kier alpha value is -2.49. The first-order chi connectivity index (χ1) is 10.7. The summed E-state index contributed by atoms with van der Waals surface area (Å²) >= 11 is 0. The summed E-state index contributed by atoms with van der Waals surface area (Å²) in [4.78, 5) is 11.7. The lowest BCUT2D eigenvalue weighted by Gasteiger charge is -2.09. The van der Waals surface area contributed by atoms with Crippen LogP contribution in [0.5, 0.6) is 5.75 Å². The van der Waals surface area contributed by atoms with Gasteiger partial charge in [0, 0.05) is 13.1 Å². The van der Waals surface area contributed by atoms with Crippen LogP contribution in [0, 0.1) is 6.92 Å². The molecule has 0 bridgehead atoms. The molecule has 4 heteroatoms. The number of hydrogen-bond acceptors (Lipinski definition) is 2. The van der Waals surface area contributed by atoms with Crippen molar-refractivity contribution in [2.24, 2.45) is 0 Å². The zero-order valence-corrected chi connectivity index (χ0v) is 13.1. The van der Waals surface area contributed by atoms with Gasteiger partial charge in [-0.2, -0.15) is 0 Å². The third kappa shape index (κ3) is 4.81. The molecule has 2 rings (SSSR count). The maximum absolute atomic E-state index is 11.7. The van der Waals surface area contributed by atoms with Crippen molar-refractivity contribution >= 4 is 6.03 Å². The standard InChI is InChI=1S/C18H22N2O2/c1-14-12-15(8-9-17(14)22-2)10-11-19-18(21)20-13-16-6-4-3-5-7-16/h3-9,12H,10-11,13H2,1-2H3,(H2,19,20,21). The van der Waals surface area contributed by atoms with Crippen molar-refractivity contribution in [1.82, 2.24) is 10.6 Å².